The van der Waals surface area contributed by atoms with E-state index < -0.39 is 15.5 Å². The summed E-state index contributed by atoms with van der Waals surface area (Å²) in [6, 6.07) is 8.95. The lowest BCUT2D eigenvalue weighted by molar-refractivity contribution is -0.123. The highest BCUT2D eigenvalue weighted by molar-refractivity contribution is 7.90. The molecule has 5 nitrogen and oxygen atoms in total. The first-order valence-corrected chi connectivity index (χ1v) is 13.2. The zero-order valence-corrected chi connectivity index (χ0v) is 19.8. The number of hydrogen-bond donors (Lipinski definition) is 0. The van der Waals surface area contributed by atoms with Gasteiger partial charge in [-0.25, -0.2) is 12.8 Å². The first kappa shape index (κ1) is 21.8. The third kappa shape index (κ3) is 4.17. The summed E-state index contributed by atoms with van der Waals surface area (Å²) in [5, 5.41) is 0. The lowest BCUT2D eigenvalue weighted by Gasteiger charge is -2.57. The van der Waals surface area contributed by atoms with E-state index in [-0.39, 0.29) is 5.60 Å². The molecule has 1 aromatic heterocycles. The number of sulfone groups is 1. The molecule has 2 spiro atoms. The van der Waals surface area contributed by atoms with Gasteiger partial charge in [-0.15, -0.1) is 0 Å². The number of likely N-dealkylation sites (tertiary alicyclic amines) is 1. The number of benzene rings is 1. The number of ether oxygens (including phenoxy) is 1. The second-order valence-corrected chi connectivity index (χ2v) is 12.8. The summed E-state index contributed by atoms with van der Waals surface area (Å²) < 4.78 is 43.8. The van der Waals surface area contributed by atoms with Crippen LogP contribution < -0.4 is 4.74 Å². The summed E-state index contributed by atoms with van der Waals surface area (Å²) in [7, 11) is -3.21. The Balaban J connectivity index is 1.24. The normalized spacial score (nSPS) is 21.9. The van der Waals surface area contributed by atoms with Crippen LogP contribution in [0.4, 0.5) is 4.39 Å². The molecule has 7 heteroatoms. The quantitative estimate of drug-likeness (QED) is 0.678. The summed E-state index contributed by atoms with van der Waals surface area (Å²) in [6.07, 6.45) is 8.24. The molecule has 0 unspecified atom stereocenters. The van der Waals surface area contributed by atoms with Crippen LogP contribution in [0.15, 0.2) is 41.4 Å². The number of aromatic nitrogens is 1. The molecule has 1 aromatic carbocycles. The predicted molar refractivity (Wildman–Crippen MR) is 122 cm³/mol. The van der Waals surface area contributed by atoms with Crippen molar-refractivity contribution in [3.63, 3.8) is 0 Å². The largest absolute Gasteiger partial charge is 0.485 e. The van der Waals surface area contributed by atoms with E-state index in [2.05, 4.69) is 16.0 Å². The van der Waals surface area contributed by atoms with E-state index in [4.69, 9.17) is 4.74 Å². The molecule has 2 aliphatic heterocycles. The molecule has 3 aliphatic rings. The van der Waals surface area contributed by atoms with Gasteiger partial charge in [-0.05, 0) is 76.2 Å². The number of halogens is 1. The van der Waals surface area contributed by atoms with E-state index in [1.165, 1.54) is 11.8 Å². The summed E-state index contributed by atoms with van der Waals surface area (Å²) in [4.78, 5) is 7.13. The van der Waals surface area contributed by atoms with Gasteiger partial charge in [-0.1, -0.05) is 12.1 Å². The molecule has 3 heterocycles. The lowest BCUT2D eigenvalue weighted by atomic mass is 9.54. The highest BCUT2D eigenvalue weighted by Gasteiger charge is 2.59. The minimum absolute atomic E-state index is 0.121. The average Bonchev–Trinajstić information content (AvgIpc) is 3.06. The van der Waals surface area contributed by atoms with Crippen LogP contribution in [-0.4, -0.2) is 55.5 Å². The van der Waals surface area contributed by atoms with Crippen molar-refractivity contribution in [1.29, 1.82) is 0 Å². The molecule has 0 radical (unpaired) electrons. The first-order valence-electron chi connectivity index (χ1n) is 11.3. The number of piperidine rings is 1. The van der Waals surface area contributed by atoms with Gasteiger partial charge < -0.3 is 9.64 Å². The maximum absolute atomic E-state index is 14.0. The number of nitrogens with zero attached hydrogens (tertiary/aromatic N) is 2. The summed E-state index contributed by atoms with van der Waals surface area (Å²) in [5.41, 5.74) is 1.97. The van der Waals surface area contributed by atoms with Gasteiger partial charge in [0.15, 0.2) is 9.84 Å². The fraction of sp³-hybridized carbons (Fsp3) is 0.560. The zero-order chi connectivity index (χ0) is 22.8. The van der Waals surface area contributed by atoms with E-state index in [1.54, 1.807) is 32.2 Å². The van der Waals surface area contributed by atoms with Gasteiger partial charge in [-0.3, -0.25) is 4.98 Å². The summed E-state index contributed by atoms with van der Waals surface area (Å²) in [5.74, 6) is 0.868. The number of alkyl halides is 1. The van der Waals surface area contributed by atoms with Crippen molar-refractivity contribution >= 4 is 9.84 Å². The topological polar surface area (TPSA) is 59.5 Å². The van der Waals surface area contributed by atoms with Gasteiger partial charge in [0, 0.05) is 30.3 Å². The molecule has 1 saturated heterocycles. The molecule has 0 atom stereocenters. The van der Waals surface area contributed by atoms with Crippen LogP contribution in [-0.2, 0) is 16.3 Å². The molecule has 32 heavy (non-hydrogen) atoms. The molecule has 2 fully saturated rings. The molecule has 2 aromatic rings. The van der Waals surface area contributed by atoms with Crippen molar-refractivity contribution in [2.75, 3.05) is 25.9 Å². The minimum atomic E-state index is -3.21. The zero-order valence-electron chi connectivity index (χ0n) is 19.0. The Kier molecular flexibility index (Phi) is 4.95. The number of hydrogen-bond acceptors (Lipinski definition) is 5. The van der Waals surface area contributed by atoms with Crippen molar-refractivity contribution in [3.05, 3.63) is 42.1 Å². The maximum Gasteiger partial charge on any atom is 0.175 e. The van der Waals surface area contributed by atoms with Crippen LogP contribution in [0.1, 0.15) is 45.1 Å². The Morgan fingerprint density at radius 2 is 1.81 bits per heavy atom. The summed E-state index contributed by atoms with van der Waals surface area (Å²) >= 11 is 0. The fourth-order valence-electron chi connectivity index (χ4n) is 5.94. The van der Waals surface area contributed by atoms with Gasteiger partial charge in [-0.2, -0.15) is 0 Å². The molecule has 1 saturated carbocycles. The van der Waals surface area contributed by atoms with Crippen molar-refractivity contribution < 1.29 is 17.5 Å². The Labute approximate surface area is 189 Å². The SMILES string of the molecule is CC(C)(F)CN1CCC2(CC1)CC1(Cc3cc(-c4ccc(S(C)(=O)=O)cc4)ncc3O1)C2. The lowest BCUT2D eigenvalue weighted by Crippen LogP contribution is -2.59. The van der Waals surface area contributed by atoms with Crippen LogP contribution >= 0.6 is 0 Å². The number of fused-ring (bicyclic) bond motifs is 1. The Hall–Kier alpha value is -1.99. The van der Waals surface area contributed by atoms with Crippen LogP contribution in [0.25, 0.3) is 11.3 Å². The van der Waals surface area contributed by atoms with Gasteiger partial charge in [0.2, 0.25) is 0 Å². The van der Waals surface area contributed by atoms with Gasteiger partial charge in [0.1, 0.15) is 17.0 Å². The molecular formula is C25H31FN2O3S. The highest BCUT2D eigenvalue weighted by atomic mass is 32.2. The van der Waals surface area contributed by atoms with Crippen LogP contribution in [0, 0.1) is 5.41 Å². The van der Waals surface area contributed by atoms with E-state index in [1.807, 2.05) is 12.1 Å². The molecule has 5 rings (SSSR count). The second-order valence-electron chi connectivity index (χ2n) is 10.8. The first-order chi connectivity index (χ1) is 14.9. The Morgan fingerprint density at radius 1 is 1.16 bits per heavy atom. The molecule has 0 N–H and O–H groups in total. The van der Waals surface area contributed by atoms with Crippen LogP contribution in [0.3, 0.4) is 0 Å². The van der Waals surface area contributed by atoms with E-state index >= 15 is 0 Å². The third-order valence-electron chi connectivity index (χ3n) is 7.28. The average molecular weight is 459 g/mol. The van der Waals surface area contributed by atoms with Crippen LogP contribution in [0.2, 0.25) is 0 Å². The highest BCUT2D eigenvalue weighted by Crippen LogP contribution is 2.60. The van der Waals surface area contributed by atoms with Crippen molar-refractivity contribution in [2.24, 2.45) is 5.41 Å². The van der Waals surface area contributed by atoms with E-state index in [0.29, 0.717) is 16.9 Å². The van der Waals surface area contributed by atoms with Gasteiger partial charge >= 0.3 is 0 Å². The monoisotopic (exact) mass is 458 g/mol. The molecule has 172 valence electrons. The predicted octanol–water partition coefficient (Wildman–Crippen LogP) is 4.45. The maximum atomic E-state index is 14.0. The van der Waals surface area contributed by atoms with Crippen molar-refractivity contribution in [1.82, 2.24) is 9.88 Å². The Morgan fingerprint density at radius 3 is 2.41 bits per heavy atom. The number of rotatable bonds is 4. The molecule has 0 bridgehead atoms. The van der Waals surface area contributed by atoms with Crippen molar-refractivity contribution in [2.45, 2.75) is 62.1 Å². The van der Waals surface area contributed by atoms with E-state index in [9.17, 15) is 12.8 Å². The van der Waals surface area contributed by atoms with Crippen LogP contribution in [0.5, 0.6) is 5.75 Å². The third-order valence-corrected chi connectivity index (χ3v) is 8.40. The van der Waals surface area contributed by atoms with Crippen molar-refractivity contribution in [3.8, 4) is 17.0 Å². The summed E-state index contributed by atoms with van der Waals surface area (Å²) in [6.45, 7) is 5.75. The fourth-order valence-corrected chi connectivity index (χ4v) is 6.58. The standard InChI is InChI=1S/C25H31FN2O3S/c1-23(2,26)17-28-10-8-24(9-11-28)15-25(16-24)13-19-12-21(27-14-22(19)31-25)18-4-6-20(7-5-18)32(3,29)30/h4-7,12,14H,8-11,13,15-17H2,1-3H3. The smallest absolute Gasteiger partial charge is 0.175 e. The molecular weight excluding hydrogens is 427 g/mol. The minimum Gasteiger partial charge on any atom is -0.485 e. The van der Waals surface area contributed by atoms with Gasteiger partial charge in [0.05, 0.1) is 16.8 Å². The Bertz CT molecular complexity index is 1120. The van der Waals surface area contributed by atoms with E-state index in [0.717, 1.165) is 62.2 Å². The second kappa shape index (κ2) is 7.26. The van der Waals surface area contributed by atoms with Gasteiger partial charge in [0.25, 0.3) is 0 Å². The molecule has 0 amide bonds. The number of pyridine rings is 1. The molecule has 1 aliphatic carbocycles.